The number of hydrogen-bond donors (Lipinski definition) is 1. The van der Waals surface area contributed by atoms with Crippen LogP contribution in [-0.4, -0.2) is 16.1 Å². The molecule has 0 saturated heterocycles. The average Bonchev–Trinajstić information content (AvgIpc) is 2.76. The molecule has 1 aromatic carbocycles. The van der Waals surface area contributed by atoms with Crippen LogP contribution in [0.4, 0.5) is 5.95 Å². The lowest BCUT2D eigenvalue weighted by atomic mass is 10.0. The van der Waals surface area contributed by atoms with Gasteiger partial charge in [0.25, 0.3) is 0 Å². The molecule has 0 aliphatic carbocycles. The van der Waals surface area contributed by atoms with Crippen molar-refractivity contribution in [2.75, 3.05) is 11.9 Å². The number of aryl methyl sites for hydroxylation is 1. The SMILES string of the molecule is Cc1cccc(C2CCNc3nccn32)c1. The first kappa shape index (κ1) is 9.46. The Morgan fingerprint density at radius 2 is 2.38 bits per heavy atom. The predicted molar refractivity (Wildman–Crippen MR) is 64.7 cm³/mol. The second kappa shape index (κ2) is 3.67. The second-order valence-corrected chi connectivity index (χ2v) is 4.30. The third-order valence-corrected chi connectivity index (χ3v) is 3.13. The van der Waals surface area contributed by atoms with Crippen LogP contribution >= 0.6 is 0 Å². The fourth-order valence-electron chi connectivity index (χ4n) is 2.37. The van der Waals surface area contributed by atoms with Crippen LogP contribution < -0.4 is 5.32 Å². The lowest BCUT2D eigenvalue weighted by Gasteiger charge is -2.26. The fraction of sp³-hybridized carbons (Fsp3) is 0.308. The van der Waals surface area contributed by atoms with E-state index in [-0.39, 0.29) is 0 Å². The van der Waals surface area contributed by atoms with E-state index < -0.39 is 0 Å². The van der Waals surface area contributed by atoms with E-state index in [1.165, 1.54) is 11.1 Å². The topological polar surface area (TPSA) is 29.9 Å². The van der Waals surface area contributed by atoms with Crippen LogP contribution in [0.25, 0.3) is 0 Å². The number of rotatable bonds is 1. The van der Waals surface area contributed by atoms with Gasteiger partial charge in [0.05, 0.1) is 6.04 Å². The summed E-state index contributed by atoms with van der Waals surface area (Å²) in [5.41, 5.74) is 2.69. The molecule has 0 spiro atoms. The number of fused-ring (bicyclic) bond motifs is 1. The predicted octanol–water partition coefficient (Wildman–Crippen LogP) is 2.60. The molecule has 0 fully saturated rings. The Labute approximate surface area is 95.1 Å². The first-order valence-corrected chi connectivity index (χ1v) is 5.68. The minimum atomic E-state index is 0.429. The van der Waals surface area contributed by atoms with Crippen molar-refractivity contribution < 1.29 is 0 Å². The standard InChI is InChI=1S/C13H15N3/c1-10-3-2-4-11(9-10)12-5-6-14-13-15-7-8-16(12)13/h2-4,7-9,12H,5-6H2,1H3,(H,14,15). The zero-order valence-corrected chi connectivity index (χ0v) is 9.35. The second-order valence-electron chi connectivity index (χ2n) is 4.30. The molecule has 1 aliphatic rings. The van der Waals surface area contributed by atoms with Crippen LogP contribution in [0.2, 0.25) is 0 Å². The number of anilines is 1. The van der Waals surface area contributed by atoms with Gasteiger partial charge in [-0.3, -0.25) is 0 Å². The summed E-state index contributed by atoms with van der Waals surface area (Å²) in [6.07, 6.45) is 5.03. The summed E-state index contributed by atoms with van der Waals surface area (Å²) in [5.74, 6) is 0.984. The van der Waals surface area contributed by atoms with Crippen LogP contribution in [0.5, 0.6) is 0 Å². The highest BCUT2D eigenvalue weighted by atomic mass is 15.2. The van der Waals surface area contributed by atoms with Crippen LogP contribution in [-0.2, 0) is 0 Å². The minimum Gasteiger partial charge on any atom is -0.356 e. The smallest absolute Gasteiger partial charge is 0.203 e. The first-order valence-electron chi connectivity index (χ1n) is 5.68. The van der Waals surface area contributed by atoms with E-state index in [0.717, 1.165) is 18.9 Å². The molecule has 3 nitrogen and oxygen atoms in total. The van der Waals surface area contributed by atoms with E-state index in [0.29, 0.717) is 6.04 Å². The number of nitrogens with one attached hydrogen (secondary N) is 1. The van der Waals surface area contributed by atoms with Crippen LogP contribution in [0.1, 0.15) is 23.6 Å². The van der Waals surface area contributed by atoms with Crippen molar-refractivity contribution in [3.63, 3.8) is 0 Å². The Hall–Kier alpha value is -1.77. The Balaban J connectivity index is 2.04. The monoisotopic (exact) mass is 213 g/mol. The molecule has 2 aromatic rings. The molecule has 0 saturated carbocycles. The summed E-state index contributed by atoms with van der Waals surface area (Å²) in [5, 5.41) is 3.31. The van der Waals surface area contributed by atoms with Gasteiger partial charge in [-0.2, -0.15) is 0 Å². The number of imidazole rings is 1. The van der Waals surface area contributed by atoms with Gasteiger partial charge in [0, 0.05) is 18.9 Å². The summed E-state index contributed by atoms with van der Waals surface area (Å²) in [6.45, 7) is 3.13. The lowest BCUT2D eigenvalue weighted by molar-refractivity contribution is 0.530. The van der Waals surface area contributed by atoms with Crippen molar-refractivity contribution in [2.45, 2.75) is 19.4 Å². The maximum Gasteiger partial charge on any atom is 0.203 e. The van der Waals surface area contributed by atoms with Gasteiger partial charge in [-0.1, -0.05) is 29.8 Å². The molecule has 1 N–H and O–H groups in total. The largest absolute Gasteiger partial charge is 0.356 e. The van der Waals surface area contributed by atoms with E-state index >= 15 is 0 Å². The highest BCUT2D eigenvalue weighted by Gasteiger charge is 2.20. The van der Waals surface area contributed by atoms with Crippen molar-refractivity contribution >= 4 is 5.95 Å². The van der Waals surface area contributed by atoms with Crippen molar-refractivity contribution in [3.8, 4) is 0 Å². The molecule has 0 radical (unpaired) electrons. The quantitative estimate of drug-likeness (QED) is 0.789. The maximum atomic E-state index is 4.31. The summed E-state index contributed by atoms with van der Waals surface area (Å²) >= 11 is 0. The van der Waals surface area contributed by atoms with E-state index in [2.05, 4.69) is 52.3 Å². The lowest BCUT2D eigenvalue weighted by Crippen LogP contribution is -2.23. The number of aromatic nitrogens is 2. The van der Waals surface area contributed by atoms with E-state index in [4.69, 9.17) is 0 Å². The van der Waals surface area contributed by atoms with Crippen LogP contribution in [0, 0.1) is 6.92 Å². The van der Waals surface area contributed by atoms with Crippen molar-refractivity contribution in [1.29, 1.82) is 0 Å². The molecular weight excluding hydrogens is 198 g/mol. The number of hydrogen-bond acceptors (Lipinski definition) is 2. The molecule has 3 heteroatoms. The number of nitrogens with zero attached hydrogens (tertiary/aromatic N) is 2. The van der Waals surface area contributed by atoms with E-state index in [9.17, 15) is 0 Å². The van der Waals surface area contributed by atoms with Crippen molar-refractivity contribution in [1.82, 2.24) is 9.55 Å². The highest BCUT2D eigenvalue weighted by Crippen LogP contribution is 2.28. The fourth-order valence-corrected chi connectivity index (χ4v) is 2.37. The molecular formula is C13H15N3. The molecule has 82 valence electrons. The summed E-state index contributed by atoms with van der Waals surface area (Å²) in [6, 6.07) is 9.16. The molecule has 2 heterocycles. The Morgan fingerprint density at radius 3 is 3.25 bits per heavy atom. The van der Waals surface area contributed by atoms with Gasteiger partial charge in [-0.15, -0.1) is 0 Å². The van der Waals surface area contributed by atoms with E-state index in [1.807, 2.05) is 6.20 Å². The third-order valence-electron chi connectivity index (χ3n) is 3.13. The van der Waals surface area contributed by atoms with E-state index in [1.54, 1.807) is 0 Å². The maximum absolute atomic E-state index is 4.31. The van der Waals surface area contributed by atoms with Gasteiger partial charge in [0.2, 0.25) is 5.95 Å². The summed E-state index contributed by atoms with van der Waals surface area (Å²) in [7, 11) is 0. The van der Waals surface area contributed by atoms with Gasteiger partial charge in [0.1, 0.15) is 0 Å². The van der Waals surface area contributed by atoms with Gasteiger partial charge < -0.3 is 9.88 Å². The Morgan fingerprint density at radius 1 is 1.44 bits per heavy atom. The third kappa shape index (κ3) is 1.48. The molecule has 1 unspecified atom stereocenters. The molecule has 0 amide bonds. The molecule has 1 aromatic heterocycles. The molecule has 0 bridgehead atoms. The van der Waals surface area contributed by atoms with Crippen molar-refractivity contribution in [2.24, 2.45) is 0 Å². The molecule has 1 aliphatic heterocycles. The molecule has 3 rings (SSSR count). The minimum absolute atomic E-state index is 0.429. The molecule has 1 atom stereocenters. The van der Waals surface area contributed by atoms with Crippen LogP contribution in [0.15, 0.2) is 36.7 Å². The summed E-state index contributed by atoms with van der Waals surface area (Å²) in [4.78, 5) is 4.31. The van der Waals surface area contributed by atoms with Gasteiger partial charge in [-0.25, -0.2) is 4.98 Å². The summed E-state index contributed by atoms with van der Waals surface area (Å²) < 4.78 is 2.22. The average molecular weight is 213 g/mol. The van der Waals surface area contributed by atoms with Gasteiger partial charge >= 0.3 is 0 Å². The van der Waals surface area contributed by atoms with Gasteiger partial charge in [-0.05, 0) is 18.9 Å². The molecule has 16 heavy (non-hydrogen) atoms. The highest BCUT2D eigenvalue weighted by molar-refractivity contribution is 5.34. The zero-order chi connectivity index (χ0) is 11.0. The number of benzene rings is 1. The Kier molecular flexibility index (Phi) is 2.17. The van der Waals surface area contributed by atoms with Crippen molar-refractivity contribution in [3.05, 3.63) is 47.8 Å². The first-order chi connectivity index (χ1) is 7.84. The normalized spacial score (nSPS) is 18.9. The van der Waals surface area contributed by atoms with Crippen LogP contribution in [0.3, 0.4) is 0 Å². The van der Waals surface area contributed by atoms with Gasteiger partial charge in [0.15, 0.2) is 0 Å². The zero-order valence-electron chi connectivity index (χ0n) is 9.35. The Bertz CT molecular complexity index is 501.